The standard InChI is InChI=1S/C23H19N3O2/c1-16-12-13-20(21(27)14-16)24-23(28)19-15-26(18-10-6-3-7-11-18)25-22(19)17-8-4-2-5-9-17/h2-15,27H,1H3,(H,24,28). The van der Waals surface area contributed by atoms with Crippen molar-refractivity contribution in [2.75, 3.05) is 5.32 Å². The summed E-state index contributed by atoms with van der Waals surface area (Å²) in [5.41, 5.74) is 3.98. The van der Waals surface area contributed by atoms with Gasteiger partial charge >= 0.3 is 0 Å². The van der Waals surface area contributed by atoms with E-state index in [1.165, 1.54) is 0 Å². The van der Waals surface area contributed by atoms with Crippen LogP contribution in [0.25, 0.3) is 16.9 Å². The van der Waals surface area contributed by atoms with Gasteiger partial charge in [0.15, 0.2) is 0 Å². The van der Waals surface area contributed by atoms with Crippen molar-refractivity contribution >= 4 is 11.6 Å². The topological polar surface area (TPSA) is 67.2 Å². The number of aryl methyl sites for hydroxylation is 1. The molecule has 0 bridgehead atoms. The Labute approximate surface area is 162 Å². The monoisotopic (exact) mass is 369 g/mol. The molecule has 0 unspecified atom stereocenters. The first-order valence-electron chi connectivity index (χ1n) is 8.93. The number of nitrogens with zero attached hydrogens (tertiary/aromatic N) is 2. The van der Waals surface area contributed by atoms with Gasteiger partial charge in [-0.2, -0.15) is 5.10 Å². The Balaban J connectivity index is 1.76. The predicted octanol–water partition coefficient (Wildman–Crippen LogP) is 4.81. The number of aromatic hydroxyl groups is 1. The Morgan fingerprint density at radius 3 is 2.32 bits per heavy atom. The number of aromatic nitrogens is 2. The third-order valence-electron chi connectivity index (χ3n) is 4.43. The number of phenolic OH excluding ortho intramolecular Hbond substituents is 1. The third kappa shape index (κ3) is 3.50. The maximum atomic E-state index is 13.0. The van der Waals surface area contributed by atoms with Gasteiger partial charge in [-0.15, -0.1) is 0 Å². The normalized spacial score (nSPS) is 10.6. The van der Waals surface area contributed by atoms with Crippen LogP contribution in [0.1, 0.15) is 15.9 Å². The molecule has 5 heteroatoms. The average Bonchev–Trinajstić information content (AvgIpc) is 3.17. The number of benzene rings is 3. The molecule has 28 heavy (non-hydrogen) atoms. The Morgan fingerprint density at radius 2 is 1.64 bits per heavy atom. The van der Waals surface area contributed by atoms with Crippen LogP contribution in [0.15, 0.2) is 85.1 Å². The molecule has 0 aliphatic carbocycles. The van der Waals surface area contributed by atoms with Gasteiger partial charge in [0, 0.05) is 11.8 Å². The molecule has 0 aliphatic rings. The van der Waals surface area contributed by atoms with Gasteiger partial charge in [-0.1, -0.05) is 54.6 Å². The number of anilines is 1. The average molecular weight is 369 g/mol. The van der Waals surface area contributed by atoms with Gasteiger partial charge in [0.25, 0.3) is 5.91 Å². The first-order chi connectivity index (χ1) is 13.6. The highest BCUT2D eigenvalue weighted by Gasteiger charge is 2.19. The summed E-state index contributed by atoms with van der Waals surface area (Å²) in [6.07, 6.45) is 1.71. The zero-order chi connectivity index (χ0) is 19.5. The van der Waals surface area contributed by atoms with Crippen molar-refractivity contribution < 1.29 is 9.90 Å². The summed E-state index contributed by atoms with van der Waals surface area (Å²) < 4.78 is 1.69. The lowest BCUT2D eigenvalue weighted by atomic mass is 10.1. The molecule has 4 aromatic rings. The van der Waals surface area contributed by atoms with Crippen LogP contribution in [0.4, 0.5) is 5.69 Å². The molecule has 0 radical (unpaired) electrons. The number of phenols is 1. The molecule has 1 amide bonds. The zero-order valence-corrected chi connectivity index (χ0v) is 15.3. The molecule has 0 aliphatic heterocycles. The van der Waals surface area contributed by atoms with E-state index in [-0.39, 0.29) is 11.7 Å². The van der Waals surface area contributed by atoms with Crippen molar-refractivity contribution in [1.29, 1.82) is 0 Å². The lowest BCUT2D eigenvalue weighted by molar-refractivity contribution is 0.102. The van der Waals surface area contributed by atoms with Crippen LogP contribution >= 0.6 is 0 Å². The van der Waals surface area contributed by atoms with Gasteiger partial charge < -0.3 is 10.4 Å². The van der Waals surface area contributed by atoms with Crippen LogP contribution in [0, 0.1) is 6.92 Å². The highest BCUT2D eigenvalue weighted by atomic mass is 16.3. The fraction of sp³-hybridized carbons (Fsp3) is 0.0435. The van der Waals surface area contributed by atoms with E-state index in [0.717, 1.165) is 16.8 Å². The predicted molar refractivity (Wildman–Crippen MR) is 110 cm³/mol. The number of rotatable bonds is 4. The summed E-state index contributed by atoms with van der Waals surface area (Å²) in [6, 6.07) is 24.3. The Morgan fingerprint density at radius 1 is 0.964 bits per heavy atom. The van der Waals surface area contributed by atoms with Crippen LogP contribution in [-0.4, -0.2) is 20.8 Å². The van der Waals surface area contributed by atoms with Crippen LogP contribution in [0.2, 0.25) is 0 Å². The maximum Gasteiger partial charge on any atom is 0.259 e. The minimum atomic E-state index is -0.333. The number of para-hydroxylation sites is 1. The molecule has 0 fully saturated rings. The molecule has 0 atom stereocenters. The van der Waals surface area contributed by atoms with Crippen LogP contribution in [0.5, 0.6) is 5.75 Å². The highest BCUT2D eigenvalue weighted by molar-refractivity contribution is 6.08. The van der Waals surface area contributed by atoms with Gasteiger partial charge in [0.2, 0.25) is 0 Å². The molecule has 138 valence electrons. The van der Waals surface area contributed by atoms with E-state index in [1.807, 2.05) is 73.7 Å². The lowest BCUT2D eigenvalue weighted by Crippen LogP contribution is -2.12. The van der Waals surface area contributed by atoms with E-state index in [4.69, 9.17) is 0 Å². The number of hydrogen-bond donors (Lipinski definition) is 2. The van der Waals surface area contributed by atoms with Crippen LogP contribution < -0.4 is 5.32 Å². The fourth-order valence-electron chi connectivity index (χ4n) is 3.00. The maximum absolute atomic E-state index is 13.0. The van der Waals surface area contributed by atoms with Gasteiger partial charge in [0.05, 0.1) is 16.9 Å². The van der Waals surface area contributed by atoms with Crippen molar-refractivity contribution in [3.05, 3.63) is 96.2 Å². The Hall–Kier alpha value is -3.86. The van der Waals surface area contributed by atoms with E-state index in [0.29, 0.717) is 16.9 Å². The molecule has 0 saturated carbocycles. The summed E-state index contributed by atoms with van der Waals surface area (Å²) in [5, 5.41) is 17.6. The van der Waals surface area contributed by atoms with Crippen molar-refractivity contribution in [3.63, 3.8) is 0 Å². The number of nitrogens with one attached hydrogen (secondary N) is 1. The first-order valence-corrected chi connectivity index (χ1v) is 8.93. The molecular weight excluding hydrogens is 350 g/mol. The summed E-state index contributed by atoms with van der Waals surface area (Å²) in [4.78, 5) is 13.0. The van der Waals surface area contributed by atoms with E-state index >= 15 is 0 Å². The van der Waals surface area contributed by atoms with E-state index in [9.17, 15) is 9.90 Å². The van der Waals surface area contributed by atoms with Gasteiger partial charge in [-0.25, -0.2) is 4.68 Å². The molecule has 0 spiro atoms. The van der Waals surface area contributed by atoms with Crippen LogP contribution in [-0.2, 0) is 0 Å². The molecule has 2 N–H and O–H groups in total. The van der Waals surface area contributed by atoms with Gasteiger partial charge in [-0.05, 0) is 36.8 Å². The quantitative estimate of drug-likeness (QED) is 0.508. The van der Waals surface area contributed by atoms with Crippen molar-refractivity contribution in [1.82, 2.24) is 9.78 Å². The first kappa shape index (κ1) is 17.5. The second kappa shape index (κ2) is 7.40. The molecular formula is C23H19N3O2. The van der Waals surface area contributed by atoms with Crippen molar-refractivity contribution in [2.45, 2.75) is 6.92 Å². The fourth-order valence-corrected chi connectivity index (χ4v) is 3.00. The smallest absolute Gasteiger partial charge is 0.259 e. The highest BCUT2D eigenvalue weighted by Crippen LogP contribution is 2.27. The molecule has 3 aromatic carbocycles. The van der Waals surface area contributed by atoms with Crippen molar-refractivity contribution in [2.24, 2.45) is 0 Å². The minimum absolute atomic E-state index is 0.0325. The molecule has 1 heterocycles. The second-order valence-corrected chi connectivity index (χ2v) is 6.51. The Bertz CT molecular complexity index is 1120. The lowest BCUT2D eigenvalue weighted by Gasteiger charge is -2.08. The summed E-state index contributed by atoms with van der Waals surface area (Å²) in [6.45, 7) is 1.88. The molecule has 4 rings (SSSR count). The van der Waals surface area contributed by atoms with Gasteiger partial charge in [-0.3, -0.25) is 4.79 Å². The van der Waals surface area contributed by atoms with Gasteiger partial charge in [0.1, 0.15) is 11.4 Å². The number of amides is 1. The molecule has 5 nitrogen and oxygen atoms in total. The number of carbonyl (C=O) groups excluding carboxylic acids is 1. The second-order valence-electron chi connectivity index (χ2n) is 6.51. The van der Waals surface area contributed by atoms with Crippen molar-refractivity contribution in [3.8, 4) is 22.7 Å². The van der Waals surface area contributed by atoms with E-state index in [2.05, 4.69) is 10.4 Å². The summed E-state index contributed by atoms with van der Waals surface area (Å²) in [7, 11) is 0. The molecule has 0 saturated heterocycles. The zero-order valence-electron chi connectivity index (χ0n) is 15.3. The minimum Gasteiger partial charge on any atom is -0.506 e. The SMILES string of the molecule is Cc1ccc(NC(=O)c2cn(-c3ccccc3)nc2-c2ccccc2)c(O)c1. The number of carbonyl (C=O) groups is 1. The largest absolute Gasteiger partial charge is 0.506 e. The summed E-state index contributed by atoms with van der Waals surface area (Å²) >= 11 is 0. The Kier molecular flexibility index (Phi) is 4.64. The van der Waals surface area contributed by atoms with Crippen LogP contribution in [0.3, 0.4) is 0 Å². The number of hydrogen-bond acceptors (Lipinski definition) is 3. The summed E-state index contributed by atoms with van der Waals surface area (Å²) in [5.74, 6) is -0.301. The molecule has 1 aromatic heterocycles. The van der Waals surface area contributed by atoms with E-state index < -0.39 is 0 Å². The van der Waals surface area contributed by atoms with E-state index in [1.54, 1.807) is 23.0 Å². The third-order valence-corrected chi connectivity index (χ3v) is 4.43.